The number of rotatable bonds is 3. The highest BCUT2D eigenvalue weighted by Gasteiger charge is 2.03. The van der Waals surface area contributed by atoms with Crippen molar-refractivity contribution >= 4 is 16.5 Å². The Labute approximate surface area is 105 Å². The number of hydrogen-bond donors (Lipinski definition) is 3. The number of aromatic nitrogens is 1. The molecule has 0 aliphatic carbocycles. The summed E-state index contributed by atoms with van der Waals surface area (Å²) in [4.78, 5) is 3.15. The third-order valence-electron chi connectivity index (χ3n) is 3.03. The van der Waals surface area contributed by atoms with Crippen molar-refractivity contribution in [1.29, 1.82) is 0 Å². The first kappa shape index (κ1) is 10.7. The van der Waals surface area contributed by atoms with Crippen molar-refractivity contribution in [2.45, 2.75) is 6.54 Å². The monoisotopic (exact) mass is 238 g/mol. The van der Waals surface area contributed by atoms with E-state index >= 15 is 0 Å². The first-order valence-electron chi connectivity index (χ1n) is 5.91. The normalized spacial score (nSPS) is 10.7. The minimum atomic E-state index is 0.316. The molecule has 0 atom stereocenters. The van der Waals surface area contributed by atoms with Crippen molar-refractivity contribution < 1.29 is 5.11 Å². The van der Waals surface area contributed by atoms with Gasteiger partial charge in [-0.3, -0.25) is 0 Å². The average molecular weight is 238 g/mol. The lowest BCUT2D eigenvalue weighted by Crippen LogP contribution is -1.99. The molecule has 0 unspecified atom stereocenters. The first-order valence-corrected chi connectivity index (χ1v) is 5.91. The number of aromatic amines is 1. The summed E-state index contributed by atoms with van der Waals surface area (Å²) in [5.74, 6) is 0.316. The Hall–Kier alpha value is -2.42. The highest BCUT2D eigenvalue weighted by atomic mass is 16.3. The van der Waals surface area contributed by atoms with E-state index in [1.165, 1.54) is 0 Å². The van der Waals surface area contributed by atoms with Crippen LogP contribution in [0.1, 0.15) is 5.69 Å². The van der Waals surface area contributed by atoms with Crippen LogP contribution in [0.2, 0.25) is 0 Å². The van der Waals surface area contributed by atoms with Crippen LogP contribution in [0.15, 0.2) is 54.7 Å². The third kappa shape index (κ3) is 1.91. The van der Waals surface area contributed by atoms with Gasteiger partial charge in [0.05, 0.1) is 6.54 Å². The molecule has 18 heavy (non-hydrogen) atoms. The molecule has 0 bridgehead atoms. The molecule has 0 aliphatic heterocycles. The predicted octanol–water partition coefficient (Wildman–Crippen LogP) is 3.49. The zero-order valence-electron chi connectivity index (χ0n) is 9.85. The third-order valence-corrected chi connectivity index (χ3v) is 3.03. The van der Waals surface area contributed by atoms with Crippen molar-refractivity contribution in [1.82, 2.24) is 4.98 Å². The maximum atomic E-state index is 9.81. The minimum absolute atomic E-state index is 0.316. The second-order valence-electron chi connectivity index (χ2n) is 4.23. The SMILES string of the molecule is Oc1cccc2c(NCc3ccc[nH]3)cccc12. The lowest BCUT2D eigenvalue weighted by molar-refractivity contribution is 0.481. The van der Waals surface area contributed by atoms with Gasteiger partial charge in [0, 0.05) is 28.4 Å². The number of phenolic OH excluding ortho intramolecular Hbond substituents is 1. The smallest absolute Gasteiger partial charge is 0.123 e. The molecule has 0 saturated heterocycles. The van der Waals surface area contributed by atoms with Crippen LogP contribution in [0.4, 0.5) is 5.69 Å². The summed E-state index contributed by atoms with van der Waals surface area (Å²) in [6.45, 7) is 0.738. The molecule has 0 radical (unpaired) electrons. The first-order chi connectivity index (χ1) is 8.84. The van der Waals surface area contributed by atoms with Gasteiger partial charge in [-0.1, -0.05) is 24.3 Å². The quantitative estimate of drug-likeness (QED) is 0.654. The van der Waals surface area contributed by atoms with E-state index in [0.717, 1.165) is 28.7 Å². The summed E-state index contributed by atoms with van der Waals surface area (Å²) in [6.07, 6.45) is 1.91. The number of phenols is 1. The van der Waals surface area contributed by atoms with Crippen LogP contribution in [0.5, 0.6) is 5.75 Å². The second kappa shape index (κ2) is 4.45. The average Bonchev–Trinajstić information content (AvgIpc) is 2.90. The fraction of sp³-hybridized carbons (Fsp3) is 0.0667. The van der Waals surface area contributed by atoms with Gasteiger partial charge in [0.1, 0.15) is 5.75 Å². The summed E-state index contributed by atoms with van der Waals surface area (Å²) in [5, 5.41) is 15.1. The van der Waals surface area contributed by atoms with Gasteiger partial charge in [-0.05, 0) is 24.3 Å². The van der Waals surface area contributed by atoms with Gasteiger partial charge in [-0.25, -0.2) is 0 Å². The molecular formula is C15H14N2O. The van der Waals surface area contributed by atoms with Gasteiger partial charge in [-0.15, -0.1) is 0 Å². The van der Waals surface area contributed by atoms with Crippen molar-refractivity contribution in [2.24, 2.45) is 0 Å². The molecule has 0 aliphatic rings. The van der Waals surface area contributed by atoms with E-state index in [1.54, 1.807) is 6.07 Å². The zero-order chi connectivity index (χ0) is 12.4. The van der Waals surface area contributed by atoms with E-state index in [4.69, 9.17) is 0 Å². The molecular weight excluding hydrogens is 224 g/mol. The summed E-state index contributed by atoms with van der Waals surface area (Å²) < 4.78 is 0. The zero-order valence-corrected chi connectivity index (χ0v) is 9.85. The predicted molar refractivity (Wildman–Crippen MR) is 73.7 cm³/mol. The summed E-state index contributed by atoms with van der Waals surface area (Å²) in [6, 6.07) is 15.5. The minimum Gasteiger partial charge on any atom is -0.507 e. The summed E-state index contributed by atoms with van der Waals surface area (Å²) in [5.41, 5.74) is 2.16. The van der Waals surface area contributed by atoms with Crippen LogP contribution in [0.3, 0.4) is 0 Å². The van der Waals surface area contributed by atoms with Crippen LogP contribution >= 0.6 is 0 Å². The van der Waals surface area contributed by atoms with Gasteiger partial charge < -0.3 is 15.4 Å². The van der Waals surface area contributed by atoms with E-state index in [9.17, 15) is 5.11 Å². The Morgan fingerprint density at radius 3 is 2.61 bits per heavy atom. The van der Waals surface area contributed by atoms with E-state index in [-0.39, 0.29) is 0 Å². The highest BCUT2D eigenvalue weighted by Crippen LogP contribution is 2.29. The summed E-state index contributed by atoms with van der Waals surface area (Å²) >= 11 is 0. The van der Waals surface area contributed by atoms with Crippen molar-refractivity contribution in [3.8, 4) is 5.75 Å². The Morgan fingerprint density at radius 2 is 1.78 bits per heavy atom. The second-order valence-corrected chi connectivity index (χ2v) is 4.23. The molecule has 3 heteroatoms. The van der Waals surface area contributed by atoms with E-state index in [1.807, 2.05) is 48.7 Å². The number of H-pyrrole nitrogens is 1. The fourth-order valence-electron chi connectivity index (χ4n) is 2.12. The van der Waals surface area contributed by atoms with Gasteiger partial charge >= 0.3 is 0 Å². The molecule has 3 aromatic rings. The molecule has 0 fully saturated rings. The number of aromatic hydroxyl groups is 1. The maximum absolute atomic E-state index is 9.81. The number of hydrogen-bond acceptors (Lipinski definition) is 2. The van der Waals surface area contributed by atoms with Crippen LogP contribution in [-0.4, -0.2) is 10.1 Å². The molecule has 0 saturated carbocycles. The Bertz CT molecular complexity index is 659. The van der Waals surface area contributed by atoms with E-state index < -0.39 is 0 Å². The molecule has 1 aromatic heterocycles. The molecule has 3 nitrogen and oxygen atoms in total. The van der Waals surface area contributed by atoms with Crippen molar-refractivity contribution in [3.63, 3.8) is 0 Å². The lowest BCUT2D eigenvalue weighted by Gasteiger charge is -2.09. The van der Waals surface area contributed by atoms with Crippen LogP contribution in [0.25, 0.3) is 10.8 Å². The van der Waals surface area contributed by atoms with E-state index in [0.29, 0.717) is 5.75 Å². The standard InChI is InChI=1S/C15H14N2O/c18-15-8-2-5-12-13(15)6-1-7-14(12)17-10-11-4-3-9-16-11/h1-9,16-18H,10H2. The largest absolute Gasteiger partial charge is 0.507 e. The Morgan fingerprint density at radius 1 is 0.944 bits per heavy atom. The van der Waals surface area contributed by atoms with Crippen molar-refractivity contribution in [2.75, 3.05) is 5.32 Å². The molecule has 0 amide bonds. The molecule has 2 aromatic carbocycles. The van der Waals surface area contributed by atoms with Gasteiger partial charge in [0.25, 0.3) is 0 Å². The van der Waals surface area contributed by atoms with Crippen LogP contribution < -0.4 is 5.32 Å². The molecule has 90 valence electrons. The highest BCUT2D eigenvalue weighted by molar-refractivity contribution is 5.97. The molecule has 3 N–H and O–H groups in total. The number of benzene rings is 2. The molecule has 1 heterocycles. The van der Waals surface area contributed by atoms with Crippen LogP contribution in [-0.2, 0) is 6.54 Å². The lowest BCUT2D eigenvalue weighted by atomic mass is 10.1. The van der Waals surface area contributed by atoms with Gasteiger partial charge in [0.15, 0.2) is 0 Å². The summed E-state index contributed by atoms with van der Waals surface area (Å²) in [7, 11) is 0. The fourth-order valence-corrected chi connectivity index (χ4v) is 2.12. The molecule has 3 rings (SSSR count). The number of fused-ring (bicyclic) bond motifs is 1. The van der Waals surface area contributed by atoms with Crippen LogP contribution in [0, 0.1) is 0 Å². The van der Waals surface area contributed by atoms with Gasteiger partial charge in [-0.2, -0.15) is 0 Å². The van der Waals surface area contributed by atoms with E-state index in [2.05, 4.69) is 10.3 Å². The van der Waals surface area contributed by atoms with Gasteiger partial charge in [0.2, 0.25) is 0 Å². The topological polar surface area (TPSA) is 48.0 Å². The number of nitrogens with one attached hydrogen (secondary N) is 2. The Balaban J connectivity index is 1.94. The van der Waals surface area contributed by atoms with Crippen molar-refractivity contribution in [3.05, 3.63) is 60.4 Å². The molecule has 0 spiro atoms. The Kier molecular flexibility index (Phi) is 2.65. The number of anilines is 1. The maximum Gasteiger partial charge on any atom is 0.123 e.